The molecule has 1 aliphatic rings. The average Bonchev–Trinajstić information content (AvgIpc) is 3.10. The lowest BCUT2D eigenvalue weighted by molar-refractivity contribution is -0.121. The minimum Gasteiger partial charge on any atom is -0.377 e. The van der Waals surface area contributed by atoms with Crippen LogP contribution in [0.25, 0.3) is 0 Å². The van der Waals surface area contributed by atoms with Gasteiger partial charge in [-0.15, -0.1) is 0 Å². The Kier molecular flexibility index (Phi) is 7.16. The number of nitrogens with one attached hydrogen (secondary N) is 3. The fraction of sp³-hybridized carbons (Fsp3) is 0.562. The van der Waals surface area contributed by atoms with Crippen molar-refractivity contribution in [2.45, 2.75) is 36.8 Å². The zero-order valence-corrected chi connectivity index (χ0v) is 14.7. The van der Waals surface area contributed by atoms with E-state index in [1.807, 2.05) is 0 Å². The minimum absolute atomic E-state index is 0.0353. The van der Waals surface area contributed by atoms with Crippen LogP contribution >= 0.6 is 0 Å². The van der Waals surface area contributed by atoms with Crippen molar-refractivity contribution in [3.05, 3.63) is 29.8 Å². The van der Waals surface area contributed by atoms with Gasteiger partial charge in [0.2, 0.25) is 15.9 Å². The van der Waals surface area contributed by atoms with Crippen LogP contribution in [-0.2, 0) is 26.1 Å². The van der Waals surface area contributed by atoms with Crippen molar-refractivity contribution in [3.8, 4) is 0 Å². The molecule has 1 unspecified atom stereocenters. The van der Waals surface area contributed by atoms with E-state index in [-0.39, 0.29) is 16.9 Å². The molecule has 0 aromatic heterocycles. The largest absolute Gasteiger partial charge is 0.377 e. The normalized spacial score (nSPS) is 17.8. The van der Waals surface area contributed by atoms with Crippen molar-refractivity contribution in [1.29, 1.82) is 0 Å². The van der Waals surface area contributed by atoms with Crippen LogP contribution in [0.15, 0.2) is 29.2 Å². The lowest BCUT2D eigenvalue weighted by Gasteiger charge is -2.12. The summed E-state index contributed by atoms with van der Waals surface area (Å²) < 4.78 is 32.5. The first-order chi connectivity index (χ1) is 11.5. The highest BCUT2D eigenvalue weighted by molar-refractivity contribution is 7.89. The lowest BCUT2D eigenvalue weighted by Crippen LogP contribution is -2.31. The first-order valence-electron chi connectivity index (χ1n) is 8.13. The van der Waals surface area contributed by atoms with Crippen LogP contribution in [0.4, 0.5) is 0 Å². The van der Waals surface area contributed by atoms with Crippen LogP contribution < -0.4 is 15.4 Å². The van der Waals surface area contributed by atoms with Gasteiger partial charge in [-0.2, -0.15) is 0 Å². The van der Waals surface area contributed by atoms with Gasteiger partial charge in [-0.1, -0.05) is 12.1 Å². The second-order valence-electron chi connectivity index (χ2n) is 5.76. The Hall–Kier alpha value is -1.48. The van der Waals surface area contributed by atoms with Gasteiger partial charge in [0.05, 0.1) is 11.0 Å². The Morgan fingerprint density at radius 2 is 2.04 bits per heavy atom. The van der Waals surface area contributed by atoms with Crippen molar-refractivity contribution < 1.29 is 17.9 Å². The van der Waals surface area contributed by atoms with E-state index in [4.69, 9.17) is 4.74 Å². The maximum atomic E-state index is 12.2. The molecule has 0 radical (unpaired) electrons. The zero-order valence-electron chi connectivity index (χ0n) is 13.9. The van der Waals surface area contributed by atoms with Gasteiger partial charge in [0.15, 0.2) is 0 Å². The van der Waals surface area contributed by atoms with Crippen LogP contribution in [0.2, 0.25) is 0 Å². The van der Waals surface area contributed by atoms with Gasteiger partial charge in [-0.25, -0.2) is 13.1 Å². The number of sulfonamides is 1. The van der Waals surface area contributed by atoms with Crippen LogP contribution in [0.5, 0.6) is 0 Å². The summed E-state index contributed by atoms with van der Waals surface area (Å²) in [6.07, 6.45) is 2.23. The number of hydrogen-bond donors (Lipinski definition) is 3. The monoisotopic (exact) mass is 355 g/mol. The molecule has 0 saturated carbocycles. The second-order valence-corrected chi connectivity index (χ2v) is 7.53. The van der Waals surface area contributed by atoms with Crippen molar-refractivity contribution in [2.24, 2.45) is 0 Å². The molecule has 1 amide bonds. The van der Waals surface area contributed by atoms with Gasteiger partial charge in [0.1, 0.15) is 0 Å². The molecule has 2 rings (SSSR count). The first-order valence-corrected chi connectivity index (χ1v) is 9.61. The molecule has 1 aromatic carbocycles. The lowest BCUT2D eigenvalue weighted by atomic mass is 10.2. The Morgan fingerprint density at radius 3 is 2.67 bits per heavy atom. The van der Waals surface area contributed by atoms with E-state index in [0.29, 0.717) is 32.7 Å². The molecule has 1 heterocycles. The third-order valence-corrected chi connectivity index (χ3v) is 5.29. The molecule has 1 atom stereocenters. The van der Waals surface area contributed by atoms with Crippen molar-refractivity contribution in [2.75, 3.05) is 26.7 Å². The van der Waals surface area contributed by atoms with Crippen LogP contribution in [0.3, 0.4) is 0 Å². The van der Waals surface area contributed by atoms with Crippen molar-refractivity contribution >= 4 is 15.9 Å². The Morgan fingerprint density at radius 1 is 1.29 bits per heavy atom. The summed E-state index contributed by atoms with van der Waals surface area (Å²) in [5, 5.41) is 5.70. The highest BCUT2D eigenvalue weighted by Crippen LogP contribution is 2.14. The number of carbonyl (C=O) groups is 1. The summed E-state index contributed by atoms with van der Waals surface area (Å²) in [4.78, 5) is 11.8. The van der Waals surface area contributed by atoms with E-state index in [1.54, 1.807) is 31.3 Å². The van der Waals surface area contributed by atoms with Gasteiger partial charge in [-0.05, 0) is 37.6 Å². The van der Waals surface area contributed by atoms with Gasteiger partial charge in [-0.3, -0.25) is 4.79 Å². The molecule has 7 nitrogen and oxygen atoms in total. The Labute approximate surface area is 143 Å². The Bertz CT molecular complexity index is 625. The molecule has 0 bridgehead atoms. The summed E-state index contributed by atoms with van der Waals surface area (Å²) in [7, 11) is -1.74. The highest BCUT2D eigenvalue weighted by Gasteiger charge is 2.20. The van der Waals surface area contributed by atoms with Crippen LogP contribution in [-0.4, -0.2) is 47.2 Å². The topological polar surface area (TPSA) is 96.5 Å². The van der Waals surface area contributed by atoms with Crippen molar-refractivity contribution in [3.63, 3.8) is 0 Å². The zero-order chi connectivity index (χ0) is 17.4. The van der Waals surface area contributed by atoms with E-state index in [2.05, 4.69) is 15.4 Å². The van der Waals surface area contributed by atoms with Crippen molar-refractivity contribution in [1.82, 2.24) is 15.4 Å². The number of hydrogen-bond acceptors (Lipinski definition) is 5. The van der Waals surface area contributed by atoms with E-state index < -0.39 is 10.0 Å². The highest BCUT2D eigenvalue weighted by atomic mass is 32.2. The predicted molar refractivity (Wildman–Crippen MR) is 91.0 cm³/mol. The minimum atomic E-state index is -3.53. The number of benzene rings is 1. The Balaban J connectivity index is 1.84. The molecule has 1 aliphatic heterocycles. The van der Waals surface area contributed by atoms with E-state index >= 15 is 0 Å². The number of amides is 1. The molecule has 1 aromatic rings. The fourth-order valence-electron chi connectivity index (χ4n) is 2.41. The molecular weight excluding hydrogens is 330 g/mol. The number of rotatable bonds is 9. The quantitative estimate of drug-likeness (QED) is 0.595. The number of ether oxygens (including phenoxy) is 1. The first kappa shape index (κ1) is 18.9. The molecule has 0 spiro atoms. The summed E-state index contributed by atoms with van der Waals surface area (Å²) in [5.74, 6) is -0.0423. The maximum Gasteiger partial charge on any atom is 0.240 e. The predicted octanol–water partition coefficient (Wildman–Crippen LogP) is 0.370. The van der Waals surface area contributed by atoms with Crippen LogP contribution in [0.1, 0.15) is 24.8 Å². The molecule has 24 heavy (non-hydrogen) atoms. The SMILES string of the molecule is CNCCC(=O)NCc1ccc(S(=O)(=O)NCC2CCCO2)cc1. The third-order valence-electron chi connectivity index (χ3n) is 3.85. The summed E-state index contributed by atoms with van der Waals surface area (Å²) in [6, 6.07) is 6.51. The molecule has 3 N–H and O–H groups in total. The van der Waals surface area contributed by atoms with Crippen LogP contribution in [0, 0.1) is 0 Å². The van der Waals surface area contributed by atoms with E-state index in [9.17, 15) is 13.2 Å². The molecule has 8 heteroatoms. The molecule has 134 valence electrons. The molecule has 1 saturated heterocycles. The molecule has 0 aliphatic carbocycles. The summed E-state index contributed by atoms with van der Waals surface area (Å²) in [5.41, 5.74) is 0.853. The third kappa shape index (κ3) is 5.86. The number of carbonyl (C=O) groups excluding carboxylic acids is 1. The maximum absolute atomic E-state index is 12.2. The standard InChI is InChI=1S/C16H25N3O4S/c1-17-9-8-16(20)18-11-13-4-6-15(7-5-13)24(21,22)19-12-14-3-2-10-23-14/h4-7,14,17,19H,2-3,8-12H2,1H3,(H,18,20). The summed E-state index contributed by atoms with van der Waals surface area (Å²) >= 11 is 0. The van der Waals surface area contributed by atoms with Gasteiger partial charge in [0, 0.05) is 32.7 Å². The van der Waals surface area contributed by atoms with Gasteiger partial charge < -0.3 is 15.4 Å². The van der Waals surface area contributed by atoms with E-state index in [0.717, 1.165) is 18.4 Å². The second kappa shape index (κ2) is 9.12. The average molecular weight is 355 g/mol. The smallest absolute Gasteiger partial charge is 0.240 e. The molecular formula is C16H25N3O4S. The van der Waals surface area contributed by atoms with E-state index in [1.165, 1.54) is 0 Å². The fourth-order valence-corrected chi connectivity index (χ4v) is 3.47. The van der Waals surface area contributed by atoms with Gasteiger partial charge >= 0.3 is 0 Å². The summed E-state index contributed by atoms with van der Waals surface area (Å²) in [6.45, 7) is 2.00. The van der Waals surface area contributed by atoms with Gasteiger partial charge in [0.25, 0.3) is 0 Å². The molecule has 1 fully saturated rings.